The molecule has 4 heteroatoms. The lowest BCUT2D eigenvalue weighted by atomic mass is 9.97. The van der Waals surface area contributed by atoms with Gasteiger partial charge < -0.3 is 0 Å². The minimum absolute atomic E-state index is 0.167. The summed E-state index contributed by atoms with van der Waals surface area (Å²) in [5.74, 6) is -1.24. The van der Waals surface area contributed by atoms with Gasteiger partial charge >= 0.3 is 0 Å². The molecule has 0 spiro atoms. The quantitative estimate of drug-likeness (QED) is 0.582. The monoisotopic (exact) mass is 193 g/mol. The second-order valence-corrected chi connectivity index (χ2v) is 3.15. The molecule has 0 aromatic heterocycles. The molecular weight excluding hydrogens is 185 g/mol. The third kappa shape index (κ3) is 1.04. The highest BCUT2D eigenvalue weighted by Crippen LogP contribution is 2.29. The first-order chi connectivity index (χ1) is 6.63. The highest BCUT2D eigenvalue weighted by Gasteiger charge is 2.36. The molecule has 0 N–H and O–H groups in total. The van der Waals surface area contributed by atoms with E-state index in [2.05, 4.69) is 0 Å². The predicted molar refractivity (Wildman–Crippen MR) is 47.4 cm³/mol. The average molecular weight is 193 g/mol. The molecule has 72 valence electrons. The number of carbonyl (C=O) groups is 2. The number of carbonyl (C=O) groups excluding carboxylic acids is 2. The molecule has 1 aromatic carbocycles. The maximum atomic E-state index is 13.5. The van der Waals surface area contributed by atoms with Crippen LogP contribution >= 0.6 is 0 Å². The van der Waals surface area contributed by atoms with Gasteiger partial charge in [-0.3, -0.25) is 14.5 Å². The van der Waals surface area contributed by atoms with Gasteiger partial charge in [0.1, 0.15) is 0 Å². The molecule has 14 heavy (non-hydrogen) atoms. The van der Waals surface area contributed by atoms with Gasteiger partial charge in [0.15, 0.2) is 0 Å². The van der Waals surface area contributed by atoms with E-state index in [1.165, 1.54) is 19.2 Å². The van der Waals surface area contributed by atoms with Gasteiger partial charge in [-0.15, -0.1) is 0 Å². The van der Waals surface area contributed by atoms with Crippen molar-refractivity contribution in [3.05, 3.63) is 35.4 Å². The molecule has 0 radical (unpaired) electrons. The molecule has 1 aliphatic rings. The van der Waals surface area contributed by atoms with Crippen LogP contribution in [-0.2, 0) is 4.79 Å². The number of fused-ring (bicyclic) bond motifs is 1. The van der Waals surface area contributed by atoms with Crippen LogP contribution in [0.3, 0.4) is 0 Å². The Hall–Kier alpha value is -1.71. The Balaban J connectivity index is 2.62. The SMILES string of the molecule is CN1C(=O)c2ccccc2C(F)C1=O. The molecule has 3 nitrogen and oxygen atoms in total. The predicted octanol–water partition coefficient (Wildman–Crippen LogP) is 1.31. The number of imide groups is 1. The molecule has 1 aromatic rings. The van der Waals surface area contributed by atoms with E-state index in [1.807, 2.05) is 0 Å². The number of rotatable bonds is 0. The highest BCUT2D eigenvalue weighted by molar-refractivity contribution is 6.10. The van der Waals surface area contributed by atoms with Crippen molar-refractivity contribution in [3.63, 3.8) is 0 Å². The van der Waals surface area contributed by atoms with Crippen molar-refractivity contribution in [2.75, 3.05) is 7.05 Å². The Morgan fingerprint density at radius 3 is 2.64 bits per heavy atom. The van der Waals surface area contributed by atoms with E-state index in [0.717, 1.165) is 4.90 Å². The Morgan fingerprint density at radius 2 is 1.93 bits per heavy atom. The first-order valence-electron chi connectivity index (χ1n) is 4.18. The zero-order valence-electron chi connectivity index (χ0n) is 7.53. The summed E-state index contributed by atoms with van der Waals surface area (Å²) < 4.78 is 13.5. The summed E-state index contributed by atoms with van der Waals surface area (Å²) in [4.78, 5) is 23.6. The lowest BCUT2D eigenvalue weighted by molar-refractivity contribution is -0.133. The lowest BCUT2D eigenvalue weighted by Crippen LogP contribution is -2.40. The number of nitrogens with zero attached hydrogens (tertiary/aromatic N) is 1. The second kappa shape index (κ2) is 2.90. The summed E-state index contributed by atoms with van der Waals surface area (Å²) >= 11 is 0. The Kier molecular flexibility index (Phi) is 1.84. The summed E-state index contributed by atoms with van der Waals surface area (Å²) in [6.07, 6.45) is -1.71. The van der Waals surface area contributed by atoms with E-state index in [-0.39, 0.29) is 11.1 Å². The molecule has 1 atom stereocenters. The van der Waals surface area contributed by atoms with Crippen LogP contribution in [0.2, 0.25) is 0 Å². The van der Waals surface area contributed by atoms with Crippen LogP contribution < -0.4 is 0 Å². The van der Waals surface area contributed by atoms with E-state index in [9.17, 15) is 14.0 Å². The van der Waals surface area contributed by atoms with Crippen molar-refractivity contribution >= 4 is 11.8 Å². The number of hydrogen-bond donors (Lipinski definition) is 0. The van der Waals surface area contributed by atoms with Crippen molar-refractivity contribution in [2.45, 2.75) is 6.17 Å². The van der Waals surface area contributed by atoms with Gasteiger partial charge in [-0.1, -0.05) is 18.2 Å². The van der Waals surface area contributed by atoms with Crippen LogP contribution in [0.5, 0.6) is 0 Å². The van der Waals surface area contributed by atoms with Crippen LogP contribution in [0, 0.1) is 0 Å². The van der Waals surface area contributed by atoms with Crippen LogP contribution in [0.15, 0.2) is 24.3 Å². The minimum Gasteiger partial charge on any atom is -0.279 e. The minimum atomic E-state index is -1.71. The van der Waals surface area contributed by atoms with Crippen LogP contribution in [0.4, 0.5) is 4.39 Å². The molecule has 0 aliphatic carbocycles. The van der Waals surface area contributed by atoms with Crippen molar-refractivity contribution in [1.82, 2.24) is 4.90 Å². The maximum absolute atomic E-state index is 13.5. The molecule has 1 heterocycles. The first kappa shape index (κ1) is 8.87. The summed E-state index contributed by atoms with van der Waals surface area (Å²) in [5.41, 5.74) is 0.433. The number of amides is 2. The average Bonchev–Trinajstić information content (AvgIpc) is 2.23. The molecule has 1 unspecified atom stereocenters. The highest BCUT2D eigenvalue weighted by atomic mass is 19.1. The van der Waals surface area contributed by atoms with Crippen LogP contribution in [0.1, 0.15) is 22.1 Å². The molecular formula is C10H8FNO2. The van der Waals surface area contributed by atoms with Gasteiger partial charge in [-0.25, -0.2) is 4.39 Å². The molecule has 0 saturated carbocycles. The fraction of sp³-hybridized carbons (Fsp3) is 0.200. The summed E-state index contributed by atoms with van der Waals surface area (Å²) in [7, 11) is 1.28. The zero-order valence-corrected chi connectivity index (χ0v) is 7.53. The fourth-order valence-corrected chi connectivity index (χ4v) is 1.50. The fourth-order valence-electron chi connectivity index (χ4n) is 1.50. The Morgan fingerprint density at radius 1 is 1.29 bits per heavy atom. The third-order valence-corrected chi connectivity index (χ3v) is 2.32. The van der Waals surface area contributed by atoms with Crippen LogP contribution in [-0.4, -0.2) is 23.8 Å². The lowest BCUT2D eigenvalue weighted by Gasteiger charge is -2.25. The van der Waals surface area contributed by atoms with Gasteiger partial charge in [0.2, 0.25) is 6.17 Å². The van der Waals surface area contributed by atoms with Gasteiger partial charge in [-0.2, -0.15) is 0 Å². The molecule has 1 aliphatic heterocycles. The van der Waals surface area contributed by atoms with Crippen LogP contribution in [0.25, 0.3) is 0 Å². The zero-order chi connectivity index (χ0) is 10.3. The number of hydrogen-bond acceptors (Lipinski definition) is 2. The molecule has 0 bridgehead atoms. The summed E-state index contributed by atoms with van der Waals surface area (Å²) in [5, 5.41) is 0. The smallest absolute Gasteiger partial charge is 0.268 e. The third-order valence-electron chi connectivity index (χ3n) is 2.32. The molecule has 0 fully saturated rings. The largest absolute Gasteiger partial charge is 0.279 e. The van der Waals surface area contributed by atoms with E-state index >= 15 is 0 Å². The number of halogens is 1. The van der Waals surface area contributed by atoms with Crippen molar-refractivity contribution in [1.29, 1.82) is 0 Å². The van der Waals surface area contributed by atoms with Gasteiger partial charge in [-0.05, 0) is 6.07 Å². The van der Waals surface area contributed by atoms with Crippen molar-refractivity contribution in [3.8, 4) is 0 Å². The van der Waals surface area contributed by atoms with Gasteiger partial charge in [0.05, 0.1) is 0 Å². The van der Waals surface area contributed by atoms with E-state index in [1.54, 1.807) is 12.1 Å². The standard InChI is InChI=1S/C10H8FNO2/c1-12-9(13)7-5-3-2-4-6(7)8(11)10(12)14/h2-5,8H,1H3. The molecule has 2 rings (SSSR count). The van der Waals surface area contributed by atoms with E-state index in [4.69, 9.17) is 0 Å². The van der Waals surface area contributed by atoms with E-state index < -0.39 is 18.0 Å². The molecule has 2 amide bonds. The summed E-state index contributed by atoms with van der Waals surface area (Å²) in [6, 6.07) is 6.24. The van der Waals surface area contributed by atoms with Gasteiger partial charge in [0, 0.05) is 18.2 Å². The Labute approximate surface area is 80.1 Å². The van der Waals surface area contributed by atoms with Gasteiger partial charge in [0.25, 0.3) is 11.8 Å². The van der Waals surface area contributed by atoms with Crippen molar-refractivity contribution < 1.29 is 14.0 Å². The number of alkyl halides is 1. The summed E-state index contributed by atoms with van der Waals surface area (Å²) in [6.45, 7) is 0. The second-order valence-electron chi connectivity index (χ2n) is 3.15. The number of likely N-dealkylation sites (N-methyl/N-ethyl adjacent to an activating group) is 1. The maximum Gasteiger partial charge on any atom is 0.268 e. The molecule has 0 saturated heterocycles. The normalized spacial score (nSPS) is 21.0. The number of benzene rings is 1. The van der Waals surface area contributed by atoms with Crippen molar-refractivity contribution in [2.24, 2.45) is 0 Å². The topological polar surface area (TPSA) is 37.4 Å². The Bertz CT molecular complexity index is 416. The first-order valence-corrected chi connectivity index (χ1v) is 4.18. The van der Waals surface area contributed by atoms with E-state index in [0.29, 0.717) is 0 Å².